The summed E-state index contributed by atoms with van der Waals surface area (Å²) in [5, 5.41) is 12.2. The number of carbonyl (C=O) groups is 2. The van der Waals surface area contributed by atoms with Crippen molar-refractivity contribution < 1.29 is 19.2 Å². The molecule has 1 N–H and O–H groups in total. The number of hydrogen-bond acceptors (Lipinski definition) is 7. The lowest BCUT2D eigenvalue weighted by Crippen LogP contribution is -2.45. The Bertz CT molecular complexity index is 1070. The molecule has 1 aliphatic heterocycles. The third kappa shape index (κ3) is 4.28. The van der Waals surface area contributed by atoms with E-state index in [4.69, 9.17) is 17.0 Å². The first-order chi connectivity index (χ1) is 13.8. The normalized spacial score (nSPS) is 15.0. The van der Waals surface area contributed by atoms with E-state index in [0.717, 1.165) is 22.3 Å². The average molecular weight is 429 g/mol. The monoisotopic (exact) mass is 429 g/mol. The number of nitrogens with one attached hydrogen (secondary N) is 1. The maximum absolute atomic E-state index is 12.7. The van der Waals surface area contributed by atoms with E-state index in [-0.39, 0.29) is 20.7 Å². The lowest BCUT2D eigenvalue weighted by atomic mass is 10.1. The molecule has 1 fully saturated rings. The molecule has 3 rings (SSSR count). The van der Waals surface area contributed by atoms with Gasteiger partial charge in [-0.25, -0.2) is 0 Å². The zero-order chi connectivity index (χ0) is 21.1. The molecule has 2 amide bonds. The Balaban J connectivity index is 1.83. The molecule has 1 aliphatic rings. The topological polar surface area (TPSA) is 102 Å². The Hall–Kier alpha value is -3.24. The molecule has 0 bridgehead atoms. The molecule has 0 spiro atoms. The van der Waals surface area contributed by atoms with Gasteiger partial charge in [0.2, 0.25) is 0 Å². The van der Waals surface area contributed by atoms with Crippen LogP contribution in [0.15, 0.2) is 47.4 Å². The van der Waals surface area contributed by atoms with Crippen LogP contribution in [-0.2, 0) is 4.79 Å². The van der Waals surface area contributed by atoms with Crippen molar-refractivity contribution in [3.63, 3.8) is 0 Å². The van der Waals surface area contributed by atoms with Gasteiger partial charge in [0.05, 0.1) is 16.9 Å². The summed E-state index contributed by atoms with van der Waals surface area (Å²) in [4.78, 5) is 36.0. The summed E-state index contributed by atoms with van der Waals surface area (Å²) in [6, 6.07) is 11.3. The molecule has 0 aliphatic carbocycles. The van der Waals surface area contributed by atoms with Gasteiger partial charge in [0, 0.05) is 11.6 Å². The van der Waals surface area contributed by atoms with E-state index in [1.807, 2.05) is 6.07 Å². The predicted molar refractivity (Wildman–Crippen MR) is 113 cm³/mol. The molecule has 148 valence electrons. The van der Waals surface area contributed by atoms with Crippen molar-refractivity contribution in [2.45, 2.75) is 6.92 Å². The number of ether oxygens (including phenoxy) is 1. The van der Waals surface area contributed by atoms with Gasteiger partial charge < -0.3 is 4.74 Å². The van der Waals surface area contributed by atoms with E-state index in [9.17, 15) is 19.7 Å². The lowest BCUT2D eigenvalue weighted by Gasteiger charge is -2.16. The molecular weight excluding hydrogens is 414 g/mol. The van der Waals surface area contributed by atoms with Gasteiger partial charge in [-0.15, -0.1) is 0 Å². The van der Waals surface area contributed by atoms with Crippen LogP contribution in [0.5, 0.6) is 5.75 Å². The molecule has 8 nitrogen and oxygen atoms in total. The first-order valence-corrected chi connectivity index (χ1v) is 9.51. The smallest absolute Gasteiger partial charge is 0.311 e. The minimum absolute atomic E-state index is 0.116. The standard InChI is InChI=1S/C19H15N3O5S2/c1-11-5-3-4-6-13(11)17(23)20-21-18(24)16(29-19(21)28)10-12-7-8-15(27-2)14(9-12)22(25)26/h3-10H,1-2H3,(H,20,23)/b16-10+. The lowest BCUT2D eigenvalue weighted by molar-refractivity contribution is -0.385. The second-order valence-corrected chi connectivity index (χ2v) is 7.64. The van der Waals surface area contributed by atoms with Gasteiger partial charge in [0.15, 0.2) is 10.1 Å². The van der Waals surface area contributed by atoms with Crippen molar-refractivity contribution in [3.8, 4) is 5.75 Å². The second-order valence-electron chi connectivity index (χ2n) is 5.96. The van der Waals surface area contributed by atoms with E-state index in [2.05, 4.69) is 5.43 Å². The highest BCUT2D eigenvalue weighted by Gasteiger charge is 2.34. The molecule has 0 atom stereocenters. The van der Waals surface area contributed by atoms with Gasteiger partial charge in [0.25, 0.3) is 11.8 Å². The number of rotatable bonds is 5. The third-order valence-electron chi connectivity index (χ3n) is 4.09. The largest absolute Gasteiger partial charge is 0.490 e. The highest BCUT2D eigenvalue weighted by atomic mass is 32.2. The first-order valence-electron chi connectivity index (χ1n) is 8.29. The Morgan fingerprint density at radius 3 is 2.69 bits per heavy atom. The van der Waals surface area contributed by atoms with Gasteiger partial charge in [0.1, 0.15) is 0 Å². The summed E-state index contributed by atoms with van der Waals surface area (Å²) in [6.45, 7) is 1.79. The fraction of sp³-hybridized carbons (Fsp3) is 0.105. The van der Waals surface area contributed by atoms with Crippen LogP contribution in [0, 0.1) is 17.0 Å². The summed E-state index contributed by atoms with van der Waals surface area (Å²) >= 11 is 6.20. The average Bonchev–Trinajstić information content (AvgIpc) is 2.95. The van der Waals surface area contributed by atoms with Gasteiger partial charge in [-0.05, 0) is 48.5 Å². The minimum Gasteiger partial charge on any atom is -0.490 e. The SMILES string of the molecule is COc1ccc(/C=C2/SC(=S)N(NC(=O)c3ccccc3C)C2=O)cc1[N+](=O)[O-]. The maximum Gasteiger partial charge on any atom is 0.311 e. The number of hydrogen-bond donors (Lipinski definition) is 1. The van der Waals surface area contributed by atoms with Crippen LogP contribution in [0.2, 0.25) is 0 Å². The van der Waals surface area contributed by atoms with Crippen LogP contribution in [0.4, 0.5) is 5.69 Å². The molecular formula is C19H15N3O5S2. The molecule has 0 aromatic heterocycles. The summed E-state index contributed by atoms with van der Waals surface area (Å²) < 4.78 is 5.13. The molecule has 2 aromatic carbocycles. The molecule has 0 saturated carbocycles. The number of benzene rings is 2. The zero-order valence-electron chi connectivity index (χ0n) is 15.4. The minimum atomic E-state index is -0.566. The number of nitro benzene ring substituents is 1. The Morgan fingerprint density at radius 2 is 2.03 bits per heavy atom. The summed E-state index contributed by atoms with van der Waals surface area (Å²) in [7, 11) is 1.34. The number of thiocarbonyl (C=S) groups is 1. The van der Waals surface area contributed by atoms with E-state index in [1.54, 1.807) is 31.2 Å². The number of aryl methyl sites for hydroxylation is 1. The fourth-order valence-corrected chi connectivity index (χ4v) is 3.82. The Morgan fingerprint density at radius 1 is 1.31 bits per heavy atom. The number of thioether (sulfide) groups is 1. The third-order valence-corrected chi connectivity index (χ3v) is 5.40. The zero-order valence-corrected chi connectivity index (χ0v) is 17.0. The Labute approximate surface area is 175 Å². The van der Waals surface area contributed by atoms with E-state index in [1.165, 1.54) is 25.3 Å². The summed E-state index contributed by atoms with van der Waals surface area (Å²) in [6.07, 6.45) is 1.48. The second kappa shape index (κ2) is 8.41. The van der Waals surface area contributed by atoms with Crippen LogP contribution >= 0.6 is 24.0 Å². The van der Waals surface area contributed by atoms with Crippen molar-refractivity contribution in [3.05, 3.63) is 74.2 Å². The number of amides is 2. The van der Waals surface area contributed by atoms with Crippen LogP contribution in [-0.4, -0.2) is 33.2 Å². The summed E-state index contributed by atoms with van der Waals surface area (Å²) in [5.74, 6) is -0.855. The number of carbonyl (C=O) groups excluding carboxylic acids is 2. The number of nitro groups is 1. The molecule has 29 heavy (non-hydrogen) atoms. The number of methoxy groups -OCH3 is 1. The van der Waals surface area contributed by atoms with Gasteiger partial charge in [-0.2, -0.15) is 5.01 Å². The van der Waals surface area contributed by atoms with Crippen molar-refractivity contribution in [2.75, 3.05) is 7.11 Å². The van der Waals surface area contributed by atoms with Crippen molar-refractivity contribution in [1.29, 1.82) is 0 Å². The van der Waals surface area contributed by atoms with Gasteiger partial charge in [-0.3, -0.25) is 25.1 Å². The first kappa shape index (κ1) is 20.5. The fourth-order valence-electron chi connectivity index (χ4n) is 2.64. The van der Waals surface area contributed by atoms with Crippen molar-refractivity contribution >= 4 is 51.9 Å². The van der Waals surface area contributed by atoms with E-state index in [0.29, 0.717) is 11.1 Å². The molecule has 10 heteroatoms. The van der Waals surface area contributed by atoms with E-state index >= 15 is 0 Å². The predicted octanol–water partition coefficient (Wildman–Crippen LogP) is 3.46. The molecule has 1 heterocycles. The summed E-state index contributed by atoms with van der Waals surface area (Å²) in [5.41, 5.74) is 3.92. The van der Waals surface area contributed by atoms with Crippen LogP contribution < -0.4 is 10.2 Å². The van der Waals surface area contributed by atoms with Gasteiger partial charge >= 0.3 is 5.69 Å². The quantitative estimate of drug-likeness (QED) is 0.336. The molecule has 2 aromatic rings. The van der Waals surface area contributed by atoms with Crippen molar-refractivity contribution in [2.24, 2.45) is 0 Å². The number of nitrogens with zero attached hydrogens (tertiary/aromatic N) is 2. The van der Waals surface area contributed by atoms with Crippen molar-refractivity contribution in [1.82, 2.24) is 10.4 Å². The van der Waals surface area contributed by atoms with Crippen LogP contribution in [0.25, 0.3) is 6.08 Å². The molecule has 0 unspecified atom stereocenters. The molecule has 1 saturated heterocycles. The highest BCUT2D eigenvalue weighted by Crippen LogP contribution is 2.34. The Kier molecular flexibility index (Phi) is 5.95. The van der Waals surface area contributed by atoms with Crippen LogP contribution in [0.3, 0.4) is 0 Å². The highest BCUT2D eigenvalue weighted by molar-refractivity contribution is 8.26. The number of hydrazine groups is 1. The maximum atomic E-state index is 12.7. The molecule has 0 radical (unpaired) electrons. The van der Waals surface area contributed by atoms with E-state index < -0.39 is 16.7 Å². The van der Waals surface area contributed by atoms with Crippen LogP contribution in [0.1, 0.15) is 21.5 Å². The van der Waals surface area contributed by atoms with Gasteiger partial charge in [-0.1, -0.05) is 36.0 Å².